The van der Waals surface area contributed by atoms with Gasteiger partial charge in [-0.3, -0.25) is 19.5 Å². The maximum Gasteiger partial charge on any atom is 0.300 e. The van der Waals surface area contributed by atoms with Crippen molar-refractivity contribution in [1.82, 2.24) is 4.98 Å². The van der Waals surface area contributed by atoms with Gasteiger partial charge in [-0.25, -0.2) is 0 Å². The van der Waals surface area contributed by atoms with E-state index in [2.05, 4.69) is 25.8 Å². The number of aromatic nitrogens is 1. The van der Waals surface area contributed by atoms with E-state index < -0.39 is 17.7 Å². The quantitative estimate of drug-likeness (QED) is 0.293. The molecule has 1 saturated heterocycles. The second-order valence-electron chi connectivity index (χ2n) is 9.67. The predicted octanol–water partition coefficient (Wildman–Crippen LogP) is 5.71. The van der Waals surface area contributed by atoms with E-state index in [-0.39, 0.29) is 16.7 Å². The van der Waals surface area contributed by atoms with Gasteiger partial charge in [0.05, 0.1) is 18.2 Å². The summed E-state index contributed by atoms with van der Waals surface area (Å²) in [5.41, 5.74) is 3.38. The molecule has 0 aliphatic carbocycles. The molecule has 2 heterocycles. The Kier molecular flexibility index (Phi) is 6.48. The lowest BCUT2D eigenvalue weighted by Gasteiger charge is -2.26. The van der Waals surface area contributed by atoms with Crippen LogP contribution in [0, 0.1) is 6.92 Å². The van der Waals surface area contributed by atoms with Gasteiger partial charge in [-0.15, -0.1) is 0 Å². The Labute approximate surface area is 205 Å². The topological polar surface area (TPSA) is 79.7 Å². The number of rotatable bonds is 5. The molecule has 4 rings (SSSR count). The largest absolute Gasteiger partial charge is 0.507 e. The average Bonchev–Trinajstić information content (AvgIpc) is 3.09. The fraction of sp³-hybridized carbons (Fsp3) is 0.276. The van der Waals surface area contributed by atoms with Gasteiger partial charge in [0.2, 0.25) is 0 Å². The number of nitrogens with zero attached hydrogens (tertiary/aromatic N) is 2. The summed E-state index contributed by atoms with van der Waals surface area (Å²) in [5.74, 6) is -1.05. The van der Waals surface area contributed by atoms with E-state index in [1.54, 1.807) is 48.8 Å². The molecular weight excluding hydrogens is 440 g/mol. The molecule has 0 spiro atoms. The van der Waals surface area contributed by atoms with E-state index in [0.717, 1.165) is 11.1 Å². The zero-order valence-corrected chi connectivity index (χ0v) is 20.7. The molecule has 0 radical (unpaired) electrons. The van der Waals surface area contributed by atoms with Gasteiger partial charge in [-0.2, -0.15) is 0 Å². The number of anilines is 1. The number of aliphatic hydroxyl groups is 1. The normalized spacial score (nSPS) is 17.6. The molecular formula is C29H30N2O4. The Hall–Kier alpha value is -3.93. The lowest BCUT2D eigenvalue weighted by atomic mass is 9.84. The van der Waals surface area contributed by atoms with Crippen LogP contribution in [0.3, 0.4) is 0 Å². The van der Waals surface area contributed by atoms with Crippen LogP contribution in [0.5, 0.6) is 5.75 Å². The summed E-state index contributed by atoms with van der Waals surface area (Å²) >= 11 is 0. The maximum absolute atomic E-state index is 13.4. The number of aliphatic hydroxyl groups excluding tert-OH is 1. The number of benzene rings is 2. The number of aryl methyl sites for hydroxylation is 1. The number of ketones is 1. The first-order valence-corrected chi connectivity index (χ1v) is 11.7. The lowest BCUT2D eigenvalue weighted by Crippen LogP contribution is -2.29. The van der Waals surface area contributed by atoms with E-state index in [4.69, 9.17) is 4.74 Å². The number of amides is 1. The Morgan fingerprint density at radius 1 is 1.09 bits per heavy atom. The fourth-order valence-corrected chi connectivity index (χ4v) is 4.33. The third-order valence-electron chi connectivity index (χ3n) is 6.21. The number of Topliss-reactive ketones (excluding diaryl/α,β-unsaturated/α-hetero) is 1. The van der Waals surface area contributed by atoms with Crippen molar-refractivity contribution in [2.24, 2.45) is 0 Å². The molecule has 6 nitrogen and oxygen atoms in total. The Balaban J connectivity index is 1.95. The number of carbonyl (C=O) groups excluding carboxylic acids is 2. The van der Waals surface area contributed by atoms with Gasteiger partial charge in [0.15, 0.2) is 0 Å². The smallest absolute Gasteiger partial charge is 0.300 e. The van der Waals surface area contributed by atoms with Crippen LogP contribution in [0.4, 0.5) is 5.69 Å². The van der Waals surface area contributed by atoms with Crippen molar-refractivity contribution in [2.75, 3.05) is 11.5 Å². The highest BCUT2D eigenvalue weighted by molar-refractivity contribution is 6.51. The van der Waals surface area contributed by atoms with E-state index in [0.29, 0.717) is 29.2 Å². The molecule has 1 aliphatic rings. The van der Waals surface area contributed by atoms with Crippen molar-refractivity contribution >= 4 is 23.1 Å². The molecule has 2 aromatic carbocycles. The molecule has 180 valence electrons. The second kappa shape index (κ2) is 9.37. The van der Waals surface area contributed by atoms with Crippen molar-refractivity contribution in [2.45, 2.75) is 46.1 Å². The maximum atomic E-state index is 13.4. The summed E-state index contributed by atoms with van der Waals surface area (Å²) in [6, 6.07) is 15.6. The first kappa shape index (κ1) is 24.2. The number of pyridine rings is 1. The third-order valence-corrected chi connectivity index (χ3v) is 6.21. The van der Waals surface area contributed by atoms with Crippen molar-refractivity contribution in [3.05, 3.63) is 94.8 Å². The third kappa shape index (κ3) is 4.56. The lowest BCUT2D eigenvalue weighted by molar-refractivity contribution is -0.132. The molecule has 1 aromatic heterocycles. The summed E-state index contributed by atoms with van der Waals surface area (Å²) in [5, 5.41) is 11.5. The van der Waals surface area contributed by atoms with Crippen LogP contribution in [-0.2, 0) is 15.0 Å². The van der Waals surface area contributed by atoms with Crippen LogP contribution in [0.25, 0.3) is 5.76 Å². The molecule has 3 aromatic rings. The summed E-state index contributed by atoms with van der Waals surface area (Å²) in [6.07, 6.45) is 3.24. The average molecular weight is 471 g/mol. The number of carbonyl (C=O) groups is 2. The molecule has 1 aliphatic heterocycles. The first-order valence-electron chi connectivity index (χ1n) is 11.7. The molecule has 0 saturated carbocycles. The van der Waals surface area contributed by atoms with Gasteiger partial charge >= 0.3 is 0 Å². The van der Waals surface area contributed by atoms with Crippen LogP contribution in [-0.4, -0.2) is 28.4 Å². The fourth-order valence-electron chi connectivity index (χ4n) is 4.33. The summed E-state index contributed by atoms with van der Waals surface area (Å²) in [6.45, 7) is 10.5. The predicted molar refractivity (Wildman–Crippen MR) is 137 cm³/mol. The minimum Gasteiger partial charge on any atom is -0.507 e. The highest BCUT2D eigenvalue weighted by Crippen LogP contribution is 2.43. The van der Waals surface area contributed by atoms with Gasteiger partial charge in [-0.05, 0) is 60.2 Å². The van der Waals surface area contributed by atoms with Gasteiger partial charge < -0.3 is 9.84 Å². The van der Waals surface area contributed by atoms with E-state index >= 15 is 0 Å². The second-order valence-corrected chi connectivity index (χ2v) is 9.67. The van der Waals surface area contributed by atoms with E-state index in [1.807, 2.05) is 32.0 Å². The minimum absolute atomic E-state index is 0.0407. The van der Waals surface area contributed by atoms with Gasteiger partial charge in [-0.1, -0.05) is 45.0 Å². The van der Waals surface area contributed by atoms with Crippen LogP contribution in [0.1, 0.15) is 56.0 Å². The number of hydrogen-bond acceptors (Lipinski definition) is 5. The van der Waals surface area contributed by atoms with Gasteiger partial charge in [0, 0.05) is 29.7 Å². The SMILES string of the molecule is CCOc1cccc(N2C(=O)C(=O)/C(=C(/O)c3cc(C(C)(C)C)ccc3C)C2c2cccnc2)c1. The van der Waals surface area contributed by atoms with Crippen molar-refractivity contribution in [3.8, 4) is 5.75 Å². The first-order chi connectivity index (χ1) is 16.6. The van der Waals surface area contributed by atoms with Crippen molar-refractivity contribution in [3.63, 3.8) is 0 Å². The molecule has 0 bridgehead atoms. The molecule has 1 atom stereocenters. The van der Waals surface area contributed by atoms with E-state index in [1.165, 1.54) is 4.90 Å². The van der Waals surface area contributed by atoms with Crippen molar-refractivity contribution in [1.29, 1.82) is 0 Å². The van der Waals surface area contributed by atoms with Crippen molar-refractivity contribution < 1.29 is 19.4 Å². The summed E-state index contributed by atoms with van der Waals surface area (Å²) < 4.78 is 5.62. The monoisotopic (exact) mass is 470 g/mol. The Morgan fingerprint density at radius 3 is 2.51 bits per heavy atom. The molecule has 35 heavy (non-hydrogen) atoms. The minimum atomic E-state index is -0.835. The molecule has 1 fully saturated rings. The van der Waals surface area contributed by atoms with Gasteiger partial charge in [0.25, 0.3) is 11.7 Å². The highest BCUT2D eigenvalue weighted by Gasteiger charge is 2.47. The van der Waals surface area contributed by atoms with Gasteiger partial charge in [0.1, 0.15) is 11.5 Å². The zero-order valence-electron chi connectivity index (χ0n) is 20.7. The number of hydrogen-bond donors (Lipinski definition) is 1. The summed E-state index contributed by atoms with van der Waals surface area (Å²) in [7, 11) is 0. The van der Waals surface area contributed by atoms with Crippen LogP contribution in [0.2, 0.25) is 0 Å². The zero-order chi connectivity index (χ0) is 25.3. The van der Waals surface area contributed by atoms with Crippen LogP contribution in [0.15, 0.2) is 72.6 Å². The Bertz CT molecular complexity index is 1310. The summed E-state index contributed by atoms with van der Waals surface area (Å²) in [4.78, 5) is 32.4. The highest BCUT2D eigenvalue weighted by atomic mass is 16.5. The molecule has 1 amide bonds. The van der Waals surface area contributed by atoms with Crippen LogP contribution >= 0.6 is 0 Å². The van der Waals surface area contributed by atoms with Crippen LogP contribution < -0.4 is 9.64 Å². The standard InChI is InChI=1S/C29H30N2O4/c1-6-35-22-11-7-10-21(16-22)31-25(19-9-8-14-30-17-19)24(27(33)28(31)34)26(32)23-15-20(29(3,4)5)13-12-18(23)2/h7-17,25,32H,6H2,1-5H3/b26-24+. The van der Waals surface area contributed by atoms with E-state index in [9.17, 15) is 14.7 Å². The molecule has 1 N–H and O–H groups in total. The number of ether oxygens (including phenoxy) is 1. The molecule has 1 unspecified atom stereocenters. The Morgan fingerprint density at radius 2 is 1.86 bits per heavy atom. The molecule has 6 heteroatoms.